The molecule has 0 amide bonds. The van der Waals surface area contributed by atoms with Crippen molar-refractivity contribution in [3.05, 3.63) is 81.9 Å². The maximum atomic E-state index is 13.2. The van der Waals surface area contributed by atoms with Gasteiger partial charge in [-0.15, -0.1) is 0 Å². The highest BCUT2D eigenvalue weighted by Crippen LogP contribution is 2.52. The highest BCUT2D eigenvalue weighted by molar-refractivity contribution is 6.23. The molecule has 3 heteroatoms. The van der Waals surface area contributed by atoms with Crippen molar-refractivity contribution in [3.8, 4) is 5.75 Å². The molecule has 2 aromatic rings. The van der Waals surface area contributed by atoms with Crippen LogP contribution >= 0.6 is 0 Å². The molecule has 0 fully saturated rings. The molecule has 0 radical (unpaired) electrons. The van der Waals surface area contributed by atoms with E-state index in [1.54, 1.807) is 18.2 Å². The lowest BCUT2D eigenvalue weighted by atomic mass is 9.69. The molecule has 3 aliphatic carbocycles. The van der Waals surface area contributed by atoms with Crippen LogP contribution in [0, 0.1) is 0 Å². The summed E-state index contributed by atoms with van der Waals surface area (Å²) in [6.07, 6.45) is 3.01. The summed E-state index contributed by atoms with van der Waals surface area (Å²) in [5.41, 5.74) is 6.30. The number of Topliss-reactive ketones (excluding diaryl/α,β-unsaturated/α-hetero) is 2. The highest BCUT2D eigenvalue weighted by atomic mass is 16.3. The van der Waals surface area contributed by atoms with Gasteiger partial charge in [-0.1, -0.05) is 42.0 Å². The van der Waals surface area contributed by atoms with Gasteiger partial charge in [0.05, 0.1) is 0 Å². The number of carbonyl (C=O) groups is 2. The van der Waals surface area contributed by atoms with Crippen molar-refractivity contribution in [3.63, 3.8) is 0 Å². The second-order valence-corrected chi connectivity index (χ2v) is 7.27. The topological polar surface area (TPSA) is 54.4 Å². The molecule has 0 saturated heterocycles. The molecule has 26 heavy (non-hydrogen) atoms. The zero-order valence-corrected chi connectivity index (χ0v) is 14.3. The Kier molecular flexibility index (Phi) is 3.26. The summed E-state index contributed by atoms with van der Waals surface area (Å²) in [5, 5.41) is 9.98. The van der Waals surface area contributed by atoms with Crippen molar-refractivity contribution in [2.24, 2.45) is 0 Å². The number of fused-ring (bicyclic) bond motifs is 2. The maximum Gasteiger partial charge on any atom is 0.190 e. The summed E-state index contributed by atoms with van der Waals surface area (Å²) in [6.45, 7) is 0. The van der Waals surface area contributed by atoms with Gasteiger partial charge >= 0.3 is 0 Å². The smallest absolute Gasteiger partial charge is 0.190 e. The van der Waals surface area contributed by atoms with Gasteiger partial charge in [0.15, 0.2) is 11.6 Å². The number of hydrogen-bond donors (Lipinski definition) is 1. The second kappa shape index (κ2) is 5.53. The van der Waals surface area contributed by atoms with Gasteiger partial charge in [-0.3, -0.25) is 9.59 Å². The molecule has 0 aliphatic heterocycles. The lowest BCUT2D eigenvalue weighted by Crippen LogP contribution is -2.25. The van der Waals surface area contributed by atoms with Gasteiger partial charge < -0.3 is 5.11 Å². The van der Waals surface area contributed by atoms with Gasteiger partial charge in [-0.25, -0.2) is 0 Å². The summed E-state index contributed by atoms with van der Waals surface area (Å²) in [5.74, 6) is -0.0408. The fourth-order valence-corrected chi connectivity index (χ4v) is 4.74. The lowest BCUT2D eigenvalue weighted by Gasteiger charge is -2.32. The number of phenolic OH excluding ortho intramolecular Hbond substituents is 1. The SMILES string of the molecule is O=C1CCCC2=C1C(c1cccc(O)c1)C1=C(C2)c2ccccc2C1=O. The van der Waals surface area contributed by atoms with Crippen molar-refractivity contribution in [1.82, 2.24) is 0 Å². The van der Waals surface area contributed by atoms with E-state index in [2.05, 4.69) is 0 Å². The molecule has 1 unspecified atom stereocenters. The van der Waals surface area contributed by atoms with Crippen LogP contribution in [-0.4, -0.2) is 16.7 Å². The van der Waals surface area contributed by atoms with Crippen LogP contribution in [0.4, 0.5) is 0 Å². The monoisotopic (exact) mass is 342 g/mol. The van der Waals surface area contributed by atoms with Crippen molar-refractivity contribution >= 4 is 17.1 Å². The Balaban J connectivity index is 1.77. The molecule has 0 aromatic heterocycles. The van der Waals surface area contributed by atoms with E-state index in [0.717, 1.165) is 51.8 Å². The molecular weight excluding hydrogens is 324 g/mol. The molecule has 128 valence electrons. The Bertz CT molecular complexity index is 1040. The minimum Gasteiger partial charge on any atom is -0.508 e. The largest absolute Gasteiger partial charge is 0.508 e. The van der Waals surface area contributed by atoms with Gasteiger partial charge in [0.25, 0.3) is 0 Å². The lowest BCUT2D eigenvalue weighted by molar-refractivity contribution is -0.116. The quantitative estimate of drug-likeness (QED) is 0.825. The predicted octanol–water partition coefficient (Wildman–Crippen LogP) is 4.58. The molecule has 1 N–H and O–H groups in total. The molecule has 3 aliphatic rings. The highest BCUT2D eigenvalue weighted by Gasteiger charge is 2.43. The van der Waals surface area contributed by atoms with Crippen LogP contribution in [-0.2, 0) is 4.79 Å². The molecule has 0 spiro atoms. The molecule has 5 rings (SSSR count). The van der Waals surface area contributed by atoms with Crippen molar-refractivity contribution < 1.29 is 14.7 Å². The van der Waals surface area contributed by atoms with Crippen LogP contribution in [0.5, 0.6) is 5.75 Å². The Hall–Kier alpha value is -2.94. The van der Waals surface area contributed by atoms with Crippen LogP contribution in [0.1, 0.15) is 53.1 Å². The Morgan fingerprint density at radius 2 is 1.69 bits per heavy atom. The van der Waals surface area contributed by atoms with Crippen molar-refractivity contribution in [2.45, 2.75) is 31.6 Å². The minimum absolute atomic E-state index is 0.0221. The number of rotatable bonds is 1. The van der Waals surface area contributed by atoms with Crippen LogP contribution in [0.15, 0.2) is 65.3 Å². The third-order valence-electron chi connectivity index (χ3n) is 5.80. The van der Waals surface area contributed by atoms with E-state index in [1.807, 2.05) is 30.3 Å². The van der Waals surface area contributed by atoms with E-state index in [1.165, 1.54) is 0 Å². The van der Waals surface area contributed by atoms with Crippen LogP contribution < -0.4 is 0 Å². The molecule has 0 heterocycles. The van der Waals surface area contributed by atoms with Crippen molar-refractivity contribution in [1.29, 1.82) is 0 Å². The Morgan fingerprint density at radius 1 is 0.885 bits per heavy atom. The predicted molar refractivity (Wildman–Crippen MR) is 99.0 cm³/mol. The Labute approximate surface area is 151 Å². The summed E-state index contributed by atoms with van der Waals surface area (Å²) in [6, 6.07) is 14.7. The summed E-state index contributed by atoms with van der Waals surface area (Å²) < 4.78 is 0. The molecule has 1 atom stereocenters. The molecule has 0 bridgehead atoms. The summed E-state index contributed by atoms with van der Waals surface area (Å²) in [7, 11) is 0. The first-order chi connectivity index (χ1) is 12.6. The molecule has 2 aromatic carbocycles. The fourth-order valence-electron chi connectivity index (χ4n) is 4.74. The first kappa shape index (κ1) is 15.3. The van der Waals surface area contributed by atoms with Crippen LogP contribution in [0.2, 0.25) is 0 Å². The Morgan fingerprint density at radius 3 is 2.50 bits per heavy atom. The van der Waals surface area contributed by atoms with E-state index < -0.39 is 0 Å². The first-order valence-corrected chi connectivity index (χ1v) is 9.06. The van der Waals surface area contributed by atoms with E-state index in [9.17, 15) is 14.7 Å². The van der Waals surface area contributed by atoms with Crippen molar-refractivity contribution in [2.75, 3.05) is 0 Å². The maximum absolute atomic E-state index is 13.2. The van der Waals surface area contributed by atoms with Gasteiger partial charge in [0.2, 0.25) is 0 Å². The van der Waals surface area contributed by atoms with Gasteiger partial charge in [-0.05, 0) is 48.1 Å². The average Bonchev–Trinajstić information content (AvgIpc) is 2.93. The zero-order valence-electron chi connectivity index (χ0n) is 14.3. The number of phenols is 1. The number of hydrogen-bond acceptors (Lipinski definition) is 3. The zero-order chi connectivity index (χ0) is 17.8. The first-order valence-electron chi connectivity index (χ1n) is 9.06. The van der Waals surface area contributed by atoms with Gasteiger partial charge in [-0.2, -0.15) is 0 Å². The van der Waals surface area contributed by atoms with E-state index in [4.69, 9.17) is 0 Å². The summed E-state index contributed by atoms with van der Waals surface area (Å²) in [4.78, 5) is 26.0. The van der Waals surface area contributed by atoms with Gasteiger partial charge in [0, 0.05) is 29.0 Å². The van der Waals surface area contributed by atoms with Crippen LogP contribution in [0.25, 0.3) is 5.57 Å². The number of aromatic hydroxyl groups is 1. The summed E-state index contributed by atoms with van der Waals surface area (Å²) >= 11 is 0. The van der Waals surface area contributed by atoms with E-state index in [0.29, 0.717) is 12.8 Å². The number of benzene rings is 2. The average molecular weight is 342 g/mol. The van der Waals surface area contributed by atoms with E-state index >= 15 is 0 Å². The third kappa shape index (κ3) is 2.07. The number of ketones is 2. The fraction of sp³-hybridized carbons (Fsp3) is 0.217. The standard InChI is InChI=1S/C23H18O3/c24-15-7-3-5-13(11-15)21-20-14(6-4-10-19(20)25)12-18-16-8-1-2-9-17(16)23(26)22(18)21/h1-3,5,7-9,11,21,24H,4,6,10,12H2. The minimum atomic E-state index is -0.367. The molecular formula is C23H18O3. The molecule has 3 nitrogen and oxygen atoms in total. The van der Waals surface area contributed by atoms with Gasteiger partial charge in [0.1, 0.15) is 5.75 Å². The number of carbonyl (C=O) groups excluding carboxylic acids is 2. The second-order valence-electron chi connectivity index (χ2n) is 7.27. The van der Waals surface area contributed by atoms with Crippen LogP contribution in [0.3, 0.4) is 0 Å². The number of allylic oxidation sites excluding steroid dienone is 4. The third-order valence-corrected chi connectivity index (χ3v) is 5.80. The van der Waals surface area contributed by atoms with E-state index in [-0.39, 0.29) is 23.2 Å². The normalized spacial score (nSPS) is 21.6. The molecule has 0 saturated carbocycles.